The molecule has 0 aliphatic carbocycles. The summed E-state index contributed by atoms with van der Waals surface area (Å²) in [5, 5.41) is 2.86. The van der Waals surface area contributed by atoms with Gasteiger partial charge in [0.05, 0.1) is 67.2 Å². The number of imidazole rings is 1. The van der Waals surface area contributed by atoms with E-state index in [0.717, 1.165) is 30.4 Å². The molecule has 11 nitrogen and oxygen atoms in total. The van der Waals surface area contributed by atoms with Gasteiger partial charge in [-0.3, -0.25) is 19.4 Å². The standard InChI is InChI=1S/C36H39ClF2N8O3/c1-21-17-23(40)19-41-32(21)27-8-7-26(30(38)31(27)39)29-20-42-33(44(29)2)34(48)43-24-5-6-25(28(37)18-24)36(50)46-13-11-45(12-14-46)35(49)22-9-15-47(3,4)16-10-22/h5-8,17-20,22H,9-16H2,1-4H3,(H2-,40,43,48,50)/p+1. The highest BCUT2D eigenvalue weighted by atomic mass is 35.5. The fourth-order valence-electron chi connectivity index (χ4n) is 6.70. The van der Waals surface area contributed by atoms with Gasteiger partial charge in [-0.1, -0.05) is 11.6 Å². The lowest BCUT2D eigenvalue weighted by Gasteiger charge is -2.40. The molecule has 3 N–H and O–H groups in total. The molecule has 0 atom stereocenters. The quantitative estimate of drug-likeness (QED) is 0.272. The van der Waals surface area contributed by atoms with E-state index in [1.165, 1.54) is 42.2 Å². The number of likely N-dealkylation sites (tertiary alicyclic amines) is 1. The lowest BCUT2D eigenvalue weighted by Crippen LogP contribution is -2.54. The third kappa shape index (κ3) is 6.92. The van der Waals surface area contributed by atoms with Crippen molar-refractivity contribution >= 4 is 40.7 Å². The molecule has 0 saturated carbocycles. The maximum absolute atomic E-state index is 15.4. The van der Waals surface area contributed by atoms with Crippen molar-refractivity contribution in [2.45, 2.75) is 19.8 Å². The third-order valence-corrected chi connectivity index (χ3v) is 10.1. The van der Waals surface area contributed by atoms with Crippen LogP contribution in [-0.4, -0.2) is 99.9 Å². The van der Waals surface area contributed by atoms with Crippen molar-refractivity contribution in [2.24, 2.45) is 13.0 Å². The highest BCUT2D eigenvalue weighted by molar-refractivity contribution is 6.34. The molecule has 0 unspecified atom stereocenters. The van der Waals surface area contributed by atoms with Crippen molar-refractivity contribution in [1.82, 2.24) is 24.3 Å². The number of halogens is 3. The lowest BCUT2D eigenvalue weighted by atomic mass is 9.94. The van der Waals surface area contributed by atoms with Crippen LogP contribution >= 0.6 is 11.6 Å². The predicted octanol–water partition coefficient (Wildman–Crippen LogP) is 4.99. The minimum absolute atomic E-state index is 0.0153. The first kappa shape index (κ1) is 35.0. The number of anilines is 2. The number of nitrogen functional groups attached to an aromatic ring is 1. The number of aryl methyl sites for hydroxylation is 1. The number of rotatable bonds is 6. The summed E-state index contributed by atoms with van der Waals surface area (Å²) in [6, 6.07) is 9.04. The molecule has 2 aliphatic heterocycles. The highest BCUT2D eigenvalue weighted by Crippen LogP contribution is 2.33. The van der Waals surface area contributed by atoms with E-state index in [0.29, 0.717) is 43.1 Å². The van der Waals surface area contributed by atoms with Gasteiger partial charge in [-0.15, -0.1) is 0 Å². The van der Waals surface area contributed by atoms with Crippen LogP contribution in [0.2, 0.25) is 5.02 Å². The number of amides is 3. The second kappa shape index (κ2) is 13.8. The maximum atomic E-state index is 15.4. The molecule has 262 valence electrons. The Morgan fingerprint density at radius 1 is 0.920 bits per heavy atom. The molecule has 0 spiro atoms. The summed E-state index contributed by atoms with van der Waals surface area (Å²) >= 11 is 6.53. The molecule has 4 heterocycles. The number of nitrogens with zero attached hydrogens (tertiary/aromatic N) is 6. The van der Waals surface area contributed by atoms with Crippen molar-refractivity contribution < 1.29 is 27.6 Å². The smallest absolute Gasteiger partial charge is 0.291 e. The maximum Gasteiger partial charge on any atom is 0.291 e. The van der Waals surface area contributed by atoms with Crippen molar-refractivity contribution in [3.63, 3.8) is 0 Å². The van der Waals surface area contributed by atoms with Crippen LogP contribution < -0.4 is 11.1 Å². The van der Waals surface area contributed by atoms with Gasteiger partial charge < -0.3 is 29.9 Å². The zero-order valence-electron chi connectivity index (χ0n) is 28.5. The van der Waals surface area contributed by atoms with E-state index in [4.69, 9.17) is 17.3 Å². The number of pyridine rings is 1. The lowest BCUT2D eigenvalue weighted by molar-refractivity contribution is -0.895. The van der Waals surface area contributed by atoms with Crippen LogP contribution in [0.1, 0.15) is 39.4 Å². The number of hydrogen-bond acceptors (Lipinski definition) is 6. The largest absolute Gasteiger partial charge is 0.397 e. The number of hydrogen-bond donors (Lipinski definition) is 2. The third-order valence-electron chi connectivity index (χ3n) is 9.76. The van der Waals surface area contributed by atoms with Crippen molar-refractivity contribution in [2.75, 3.05) is 64.4 Å². The average Bonchev–Trinajstić information content (AvgIpc) is 3.46. The Kier molecular flexibility index (Phi) is 9.65. The number of piperidine rings is 1. The molecule has 2 fully saturated rings. The molecule has 2 aromatic heterocycles. The molecule has 50 heavy (non-hydrogen) atoms. The number of nitrogens with one attached hydrogen (secondary N) is 1. The molecular formula is C36H40ClF2N8O3+. The summed E-state index contributed by atoms with van der Waals surface area (Å²) in [5.41, 5.74) is 7.71. The van der Waals surface area contributed by atoms with Crippen LogP contribution in [0.15, 0.2) is 48.8 Å². The predicted molar refractivity (Wildman–Crippen MR) is 187 cm³/mol. The van der Waals surface area contributed by atoms with Crippen molar-refractivity contribution in [3.05, 3.63) is 82.4 Å². The van der Waals surface area contributed by atoms with Gasteiger partial charge in [0.2, 0.25) is 5.91 Å². The van der Waals surface area contributed by atoms with Crippen LogP contribution in [-0.2, 0) is 11.8 Å². The van der Waals surface area contributed by atoms with Gasteiger partial charge >= 0.3 is 0 Å². The van der Waals surface area contributed by atoms with Gasteiger partial charge in [0, 0.05) is 68.8 Å². The van der Waals surface area contributed by atoms with Gasteiger partial charge in [0.25, 0.3) is 11.8 Å². The van der Waals surface area contributed by atoms with E-state index < -0.39 is 17.5 Å². The number of carbonyl (C=O) groups excluding carboxylic acids is 3. The molecule has 0 bridgehead atoms. The highest BCUT2D eigenvalue weighted by Gasteiger charge is 2.35. The van der Waals surface area contributed by atoms with E-state index in [2.05, 4.69) is 29.4 Å². The van der Waals surface area contributed by atoms with Crippen molar-refractivity contribution in [1.29, 1.82) is 0 Å². The SMILES string of the molecule is Cc1cc(N)cnc1-c1ccc(-c2cnc(C(=O)Nc3ccc(C(=O)N4CCN(C(=O)C5CC[N+](C)(C)CC5)CC4)c(Cl)c3)n2C)c(F)c1F. The van der Waals surface area contributed by atoms with Crippen molar-refractivity contribution in [3.8, 4) is 22.5 Å². The Morgan fingerprint density at radius 3 is 2.22 bits per heavy atom. The molecule has 3 amide bonds. The number of nitrogens with two attached hydrogens (primary N) is 1. The normalized spacial score (nSPS) is 16.4. The second-order valence-electron chi connectivity index (χ2n) is 13.7. The Balaban J connectivity index is 1.09. The minimum atomic E-state index is -1.11. The zero-order valence-corrected chi connectivity index (χ0v) is 29.2. The molecule has 14 heteroatoms. The van der Waals surface area contributed by atoms with E-state index in [9.17, 15) is 14.4 Å². The van der Waals surface area contributed by atoms with Crippen LogP contribution in [0.25, 0.3) is 22.5 Å². The Morgan fingerprint density at radius 2 is 1.56 bits per heavy atom. The summed E-state index contributed by atoms with van der Waals surface area (Å²) in [6.07, 6.45) is 4.42. The summed E-state index contributed by atoms with van der Waals surface area (Å²) in [6.45, 7) is 5.41. The average molecular weight is 706 g/mol. The minimum Gasteiger partial charge on any atom is -0.397 e. The summed E-state index contributed by atoms with van der Waals surface area (Å²) in [7, 11) is 5.89. The van der Waals surface area contributed by atoms with Crippen LogP contribution in [0.4, 0.5) is 20.2 Å². The fourth-order valence-corrected chi connectivity index (χ4v) is 6.97. The van der Waals surface area contributed by atoms with Gasteiger partial charge in [-0.25, -0.2) is 13.8 Å². The number of benzene rings is 2. The van der Waals surface area contributed by atoms with Gasteiger partial charge in [-0.05, 0) is 48.9 Å². The Labute approximate surface area is 294 Å². The fraction of sp³-hybridized carbons (Fsp3) is 0.361. The summed E-state index contributed by atoms with van der Waals surface area (Å²) < 4.78 is 33.0. The molecule has 6 rings (SSSR count). The van der Waals surface area contributed by atoms with E-state index in [1.54, 1.807) is 30.0 Å². The van der Waals surface area contributed by atoms with Crippen LogP contribution in [0.3, 0.4) is 0 Å². The molecule has 4 aromatic rings. The molecule has 2 saturated heterocycles. The molecule has 0 radical (unpaired) electrons. The van der Waals surface area contributed by atoms with Crippen LogP contribution in [0.5, 0.6) is 0 Å². The Bertz CT molecular complexity index is 1980. The van der Waals surface area contributed by atoms with Gasteiger partial charge in [-0.2, -0.15) is 0 Å². The number of piperazine rings is 1. The van der Waals surface area contributed by atoms with E-state index in [-0.39, 0.29) is 56.7 Å². The number of quaternary nitrogens is 1. The molecular weight excluding hydrogens is 666 g/mol. The van der Waals surface area contributed by atoms with E-state index in [1.807, 2.05) is 4.90 Å². The Hall–Kier alpha value is -4.88. The van der Waals surface area contributed by atoms with Gasteiger partial charge in [0.15, 0.2) is 17.5 Å². The van der Waals surface area contributed by atoms with E-state index >= 15 is 8.78 Å². The topological polar surface area (TPSA) is 126 Å². The zero-order chi connectivity index (χ0) is 35.9. The number of aromatic nitrogens is 3. The molecule has 2 aliphatic rings. The molecule has 2 aromatic carbocycles. The second-order valence-corrected chi connectivity index (χ2v) is 14.1. The number of carbonyl (C=O) groups is 3. The van der Waals surface area contributed by atoms with Gasteiger partial charge in [0.1, 0.15) is 0 Å². The summed E-state index contributed by atoms with van der Waals surface area (Å²) in [4.78, 5) is 51.6. The van der Waals surface area contributed by atoms with Crippen LogP contribution in [0, 0.1) is 24.5 Å². The first-order chi connectivity index (χ1) is 23.7. The summed E-state index contributed by atoms with van der Waals surface area (Å²) in [5.74, 6) is -2.91. The monoisotopic (exact) mass is 705 g/mol. The first-order valence-electron chi connectivity index (χ1n) is 16.5. The first-order valence-corrected chi connectivity index (χ1v) is 16.9.